The maximum absolute atomic E-state index is 12.1. The number of phenolic OH excluding ortho intramolecular Hbond substituents is 1. The molecule has 1 rings (SSSR count). The van der Waals surface area contributed by atoms with Crippen LogP contribution in [0, 0.1) is 0 Å². The Bertz CT molecular complexity index is 280. The van der Waals surface area contributed by atoms with Gasteiger partial charge in [0.2, 0.25) is 0 Å². The summed E-state index contributed by atoms with van der Waals surface area (Å²) in [5.41, 5.74) is 4.75. The van der Waals surface area contributed by atoms with Gasteiger partial charge in [-0.15, -0.1) is 0 Å². The van der Waals surface area contributed by atoms with E-state index in [0.717, 1.165) is 12.1 Å². The van der Waals surface area contributed by atoms with Crippen LogP contribution in [-0.4, -0.2) is 5.11 Å². The number of rotatable bonds is 1. The zero-order valence-corrected chi connectivity index (χ0v) is 6.65. The van der Waals surface area contributed by atoms with Gasteiger partial charge in [-0.05, 0) is 12.1 Å². The quantitative estimate of drug-likeness (QED) is 0.532. The van der Waals surface area contributed by atoms with Crippen LogP contribution in [0.1, 0.15) is 12.0 Å². The highest BCUT2D eigenvalue weighted by atomic mass is 35.5. The molecule has 0 atom stereocenters. The molecule has 1 aromatic rings. The van der Waals surface area contributed by atoms with Crippen LogP contribution < -0.4 is 5.73 Å². The highest BCUT2D eigenvalue weighted by Gasteiger charge is 2.12. The molecule has 2 nitrogen and oxygen atoms in total. The zero-order chi connectivity index (χ0) is 9.30. The van der Waals surface area contributed by atoms with Gasteiger partial charge in [0.25, 0.3) is 6.43 Å². The predicted molar refractivity (Wildman–Crippen MR) is 42.5 cm³/mol. The van der Waals surface area contributed by atoms with Crippen LogP contribution in [0.25, 0.3) is 0 Å². The smallest absolute Gasteiger partial charge is 0.263 e. The lowest BCUT2D eigenvalue weighted by Gasteiger charge is -2.04. The average molecular weight is 194 g/mol. The molecule has 0 unspecified atom stereocenters. The van der Waals surface area contributed by atoms with Crippen molar-refractivity contribution in [2.45, 2.75) is 6.43 Å². The lowest BCUT2D eigenvalue weighted by Crippen LogP contribution is -1.91. The Hall–Kier alpha value is -1.03. The van der Waals surface area contributed by atoms with Gasteiger partial charge in [-0.1, -0.05) is 11.6 Å². The maximum atomic E-state index is 12.1. The van der Waals surface area contributed by atoms with Crippen LogP contribution in [0.5, 0.6) is 5.75 Å². The molecule has 0 spiro atoms. The standard InChI is InChI=1S/C7H6ClF2NO/c8-4-1-3(7(9)10)2-5(11)6(4)12/h1-2,7,12H,11H2. The van der Waals surface area contributed by atoms with Gasteiger partial charge in [0.1, 0.15) is 0 Å². The zero-order valence-electron chi connectivity index (χ0n) is 5.89. The Kier molecular flexibility index (Phi) is 2.38. The molecular weight excluding hydrogens is 188 g/mol. The first kappa shape index (κ1) is 9.06. The minimum Gasteiger partial charge on any atom is -0.504 e. The number of hydrogen-bond donors (Lipinski definition) is 2. The Morgan fingerprint density at radius 3 is 2.42 bits per heavy atom. The van der Waals surface area contributed by atoms with Gasteiger partial charge < -0.3 is 10.8 Å². The van der Waals surface area contributed by atoms with Crippen LogP contribution >= 0.6 is 11.6 Å². The number of hydrogen-bond acceptors (Lipinski definition) is 2. The highest BCUT2D eigenvalue weighted by molar-refractivity contribution is 6.32. The van der Waals surface area contributed by atoms with Gasteiger partial charge in [-0.3, -0.25) is 0 Å². The van der Waals surface area contributed by atoms with Gasteiger partial charge in [0, 0.05) is 5.56 Å². The van der Waals surface area contributed by atoms with Crippen molar-refractivity contribution in [2.24, 2.45) is 0 Å². The summed E-state index contributed by atoms with van der Waals surface area (Å²) in [7, 11) is 0. The molecule has 0 saturated heterocycles. The summed E-state index contributed by atoms with van der Waals surface area (Å²) in [5, 5.41) is 8.85. The number of nitrogens with two attached hydrogens (primary N) is 1. The number of anilines is 1. The summed E-state index contributed by atoms with van der Waals surface area (Å²) in [6.45, 7) is 0. The van der Waals surface area contributed by atoms with Crippen molar-refractivity contribution < 1.29 is 13.9 Å². The number of alkyl halides is 2. The molecular formula is C7H6ClF2NO. The van der Waals surface area contributed by atoms with Crippen molar-refractivity contribution in [3.63, 3.8) is 0 Å². The lowest BCUT2D eigenvalue weighted by atomic mass is 10.2. The number of benzene rings is 1. The first-order valence-corrected chi connectivity index (χ1v) is 3.46. The van der Waals surface area contributed by atoms with Crippen LogP contribution in [0.2, 0.25) is 5.02 Å². The van der Waals surface area contributed by atoms with Crippen molar-refractivity contribution in [1.82, 2.24) is 0 Å². The van der Waals surface area contributed by atoms with E-state index in [1.165, 1.54) is 0 Å². The molecule has 0 saturated carbocycles. The number of phenols is 1. The van der Waals surface area contributed by atoms with Crippen molar-refractivity contribution in [3.05, 3.63) is 22.7 Å². The molecule has 0 fully saturated rings. The Morgan fingerprint density at radius 2 is 2.00 bits per heavy atom. The summed E-state index contributed by atoms with van der Waals surface area (Å²) < 4.78 is 24.1. The maximum Gasteiger partial charge on any atom is 0.263 e. The number of aromatic hydroxyl groups is 1. The van der Waals surface area contributed by atoms with E-state index in [4.69, 9.17) is 22.4 Å². The topological polar surface area (TPSA) is 46.2 Å². The monoisotopic (exact) mass is 193 g/mol. The molecule has 0 aliphatic rings. The van der Waals surface area contributed by atoms with Crippen LogP contribution in [0.4, 0.5) is 14.5 Å². The SMILES string of the molecule is Nc1cc(C(F)F)cc(Cl)c1O. The van der Waals surface area contributed by atoms with Crippen molar-refractivity contribution in [2.75, 3.05) is 5.73 Å². The predicted octanol–water partition coefficient (Wildman–Crippen LogP) is 2.57. The van der Waals surface area contributed by atoms with Gasteiger partial charge >= 0.3 is 0 Å². The fraction of sp³-hybridized carbons (Fsp3) is 0.143. The van der Waals surface area contributed by atoms with E-state index in [1.807, 2.05) is 0 Å². The van der Waals surface area contributed by atoms with E-state index in [1.54, 1.807) is 0 Å². The summed E-state index contributed by atoms with van der Waals surface area (Å²) in [4.78, 5) is 0. The second-order valence-corrected chi connectivity index (χ2v) is 2.65. The minimum absolute atomic E-state index is 0.141. The van der Waals surface area contributed by atoms with Crippen LogP contribution in [-0.2, 0) is 0 Å². The van der Waals surface area contributed by atoms with Crippen molar-refractivity contribution >= 4 is 17.3 Å². The van der Waals surface area contributed by atoms with Gasteiger partial charge in [-0.25, -0.2) is 8.78 Å². The molecule has 0 aromatic heterocycles. The van der Waals surface area contributed by atoms with Crippen LogP contribution in [0.15, 0.2) is 12.1 Å². The first-order chi connectivity index (χ1) is 5.52. The van der Waals surface area contributed by atoms with Crippen molar-refractivity contribution in [3.8, 4) is 5.75 Å². The molecule has 0 aliphatic carbocycles. The molecule has 0 amide bonds. The van der Waals surface area contributed by atoms with Gasteiger partial charge in [-0.2, -0.15) is 0 Å². The molecule has 0 heterocycles. The van der Waals surface area contributed by atoms with Crippen LogP contribution in [0.3, 0.4) is 0 Å². The average Bonchev–Trinajstić information content (AvgIpc) is 1.99. The van der Waals surface area contributed by atoms with Crippen molar-refractivity contribution in [1.29, 1.82) is 0 Å². The fourth-order valence-corrected chi connectivity index (χ4v) is 1.00. The summed E-state index contributed by atoms with van der Waals surface area (Å²) >= 11 is 5.40. The largest absolute Gasteiger partial charge is 0.504 e. The molecule has 3 N–H and O–H groups in total. The molecule has 66 valence electrons. The number of halogens is 3. The Morgan fingerprint density at radius 1 is 1.42 bits per heavy atom. The molecule has 1 aromatic carbocycles. The molecule has 0 aliphatic heterocycles. The number of nitrogen functional groups attached to an aromatic ring is 1. The lowest BCUT2D eigenvalue weighted by molar-refractivity contribution is 0.151. The second kappa shape index (κ2) is 3.15. The van der Waals surface area contributed by atoms with E-state index >= 15 is 0 Å². The highest BCUT2D eigenvalue weighted by Crippen LogP contribution is 2.34. The fourth-order valence-electron chi connectivity index (χ4n) is 0.768. The molecule has 12 heavy (non-hydrogen) atoms. The van der Waals surface area contributed by atoms with Gasteiger partial charge in [0.05, 0.1) is 10.7 Å². The summed E-state index contributed by atoms with van der Waals surface area (Å²) in [6, 6.07) is 1.98. The first-order valence-electron chi connectivity index (χ1n) is 3.08. The van der Waals surface area contributed by atoms with Gasteiger partial charge in [0.15, 0.2) is 5.75 Å². The van der Waals surface area contributed by atoms with E-state index in [0.29, 0.717) is 0 Å². The third-order valence-electron chi connectivity index (χ3n) is 1.37. The molecule has 0 bridgehead atoms. The molecule has 5 heteroatoms. The third-order valence-corrected chi connectivity index (χ3v) is 1.66. The normalized spacial score (nSPS) is 10.7. The Balaban J connectivity index is 3.21. The Labute approximate surface area is 72.6 Å². The van der Waals surface area contributed by atoms with E-state index in [9.17, 15) is 8.78 Å². The van der Waals surface area contributed by atoms with E-state index in [-0.39, 0.29) is 22.0 Å². The van der Waals surface area contributed by atoms with E-state index in [2.05, 4.69) is 0 Å². The third kappa shape index (κ3) is 1.58. The second-order valence-electron chi connectivity index (χ2n) is 2.24. The minimum atomic E-state index is -2.63. The summed E-state index contributed by atoms with van der Waals surface area (Å²) in [5.74, 6) is -0.360. The molecule has 0 radical (unpaired) electrons. The van der Waals surface area contributed by atoms with E-state index < -0.39 is 6.43 Å². The summed E-state index contributed by atoms with van der Waals surface area (Å²) in [6.07, 6.45) is -2.63.